The van der Waals surface area contributed by atoms with Crippen LogP contribution in [0.1, 0.15) is 23.0 Å². The highest BCUT2D eigenvalue weighted by Gasteiger charge is 2.30. The predicted octanol–water partition coefficient (Wildman–Crippen LogP) is -0.488. The van der Waals surface area contributed by atoms with E-state index in [-0.39, 0.29) is 11.9 Å². The first kappa shape index (κ1) is 8.74. The van der Waals surface area contributed by atoms with E-state index >= 15 is 0 Å². The molecule has 0 saturated carbocycles. The molecule has 0 aromatic carbocycles. The second kappa shape index (κ2) is 2.83. The molecule has 1 aromatic rings. The van der Waals surface area contributed by atoms with E-state index in [9.17, 15) is 4.79 Å². The van der Waals surface area contributed by atoms with Gasteiger partial charge in [0, 0.05) is 11.3 Å². The van der Waals surface area contributed by atoms with Crippen molar-refractivity contribution in [2.24, 2.45) is 10.7 Å². The van der Waals surface area contributed by atoms with Crippen LogP contribution in [0.15, 0.2) is 4.99 Å². The van der Waals surface area contributed by atoms with E-state index in [1.165, 1.54) is 0 Å². The van der Waals surface area contributed by atoms with Gasteiger partial charge in [-0.25, -0.2) is 4.99 Å². The summed E-state index contributed by atoms with van der Waals surface area (Å²) in [5.41, 5.74) is 7.84. The highest BCUT2D eigenvalue weighted by molar-refractivity contribution is 6.04. The van der Waals surface area contributed by atoms with Crippen molar-refractivity contribution in [2.75, 3.05) is 0 Å². The SMILES string of the molecule is Cc1n[nH]c(C)c1C1N=C(N)NC1=O. The van der Waals surface area contributed by atoms with Crippen molar-refractivity contribution in [2.45, 2.75) is 19.9 Å². The number of amides is 1. The van der Waals surface area contributed by atoms with Crippen molar-refractivity contribution in [3.63, 3.8) is 0 Å². The lowest BCUT2D eigenvalue weighted by molar-refractivity contribution is -0.120. The van der Waals surface area contributed by atoms with E-state index in [0.29, 0.717) is 0 Å². The first-order valence-electron chi connectivity index (χ1n) is 4.25. The maximum Gasteiger partial charge on any atom is 0.256 e. The molecule has 0 spiro atoms. The zero-order valence-electron chi connectivity index (χ0n) is 7.96. The molecule has 0 aliphatic carbocycles. The fourth-order valence-electron chi connectivity index (χ4n) is 1.58. The van der Waals surface area contributed by atoms with Gasteiger partial charge in [-0.05, 0) is 13.8 Å². The van der Waals surface area contributed by atoms with Crippen molar-refractivity contribution in [3.05, 3.63) is 17.0 Å². The number of aliphatic imine (C=N–C) groups is 1. The molecular formula is C8H11N5O. The number of aryl methyl sites for hydroxylation is 2. The lowest BCUT2D eigenvalue weighted by Gasteiger charge is -2.03. The summed E-state index contributed by atoms with van der Waals surface area (Å²) < 4.78 is 0. The Balaban J connectivity index is 2.45. The molecule has 6 nitrogen and oxygen atoms in total. The molecule has 0 saturated heterocycles. The largest absolute Gasteiger partial charge is 0.370 e. The number of aromatic nitrogens is 2. The van der Waals surface area contributed by atoms with Gasteiger partial charge in [-0.1, -0.05) is 0 Å². The number of rotatable bonds is 1. The molecule has 1 amide bonds. The molecule has 74 valence electrons. The van der Waals surface area contributed by atoms with Gasteiger partial charge >= 0.3 is 0 Å². The van der Waals surface area contributed by atoms with Crippen LogP contribution in [0.3, 0.4) is 0 Å². The molecule has 2 rings (SSSR count). The number of hydrogen-bond acceptors (Lipinski definition) is 4. The van der Waals surface area contributed by atoms with E-state index in [1.54, 1.807) is 0 Å². The molecule has 4 N–H and O–H groups in total. The van der Waals surface area contributed by atoms with E-state index in [4.69, 9.17) is 5.73 Å². The van der Waals surface area contributed by atoms with Crippen LogP contribution in [0, 0.1) is 13.8 Å². The second-order valence-corrected chi connectivity index (χ2v) is 3.25. The molecule has 0 bridgehead atoms. The van der Waals surface area contributed by atoms with Crippen LogP contribution in [0.5, 0.6) is 0 Å². The van der Waals surface area contributed by atoms with E-state index < -0.39 is 6.04 Å². The van der Waals surface area contributed by atoms with Crippen LogP contribution in [0.2, 0.25) is 0 Å². The zero-order valence-corrected chi connectivity index (χ0v) is 7.96. The number of guanidine groups is 1. The molecule has 0 fully saturated rings. The van der Waals surface area contributed by atoms with Gasteiger partial charge in [0.1, 0.15) is 0 Å². The second-order valence-electron chi connectivity index (χ2n) is 3.25. The monoisotopic (exact) mass is 193 g/mol. The highest BCUT2D eigenvalue weighted by atomic mass is 16.2. The number of nitrogens with two attached hydrogens (primary N) is 1. The summed E-state index contributed by atoms with van der Waals surface area (Å²) in [6, 6.07) is -0.547. The Morgan fingerprint density at radius 2 is 2.14 bits per heavy atom. The van der Waals surface area contributed by atoms with Gasteiger partial charge in [0.25, 0.3) is 5.91 Å². The van der Waals surface area contributed by atoms with Crippen LogP contribution >= 0.6 is 0 Å². The Morgan fingerprint density at radius 1 is 1.43 bits per heavy atom. The van der Waals surface area contributed by atoms with E-state index in [1.807, 2.05) is 13.8 Å². The summed E-state index contributed by atoms with van der Waals surface area (Å²) in [6.07, 6.45) is 0. The standard InChI is InChI=1S/C8H11N5O/c1-3-5(4(2)13-12-3)6-7(14)11-8(9)10-6/h6H,1-2H3,(H,12,13)(H3,9,10,11,14). The minimum absolute atomic E-state index is 0.167. The van der Waals surface area contributed by atoms with Gasteiger partial charge in [0.05, 0.1) is 5.69 Å². The molecule has 1 atom stereocenters. The number of hydrogen-bond donors (Lipinski definition) is 3. The molecule has 0 radical (unpaired) electrons. The molecule has 6 heteroatoms. The number of aromatic amines is 1. The van der Waals surface area contributed by atoms with Crippen LogP contribution < -0.4 is 11.1 Å². The van der Waals surface area contributed by atoms with Crippen molar-refractivity contribution < 1.29 is 4.79 Å². The molecule has 1 aliphatic heterocycles. The van der Waals surface area contributed by atoms with Crippen LogP contribution in [-0.2, 0) is 4.79 Å². The molecule has 1 aliphatic rings. The number of nitrogens with one attached hydrogen (secondary N) is 2. The number of nitrogens with zero attached hydrogens (tertiary/aromatic N) is 2. The van der Waals surface area contributed by atoms with Crippen molar-refractivity contribution in [1.82, 2.24) is 15.5 Å². The third-order valence-electron chi connectivity index (χ3n) is 2.23. The lowest BCUT2D eigenvalue weighted by Crippen LogP contribution is -2.31. The Kier molecular flexibility index (Phi) is 1.77. The van der Waals surface area contributed by atoms with E-state index in [0.717, 1.165) is 17.0 Å². The van der Waals surface area contributed by atoms with Gasteiger partial charge in [0.15, 0.2) is 12.0 Å². The van der Waals surface area contributed by atoms with Gasteiger partial charge in [-0.3, -0.25) is 15.2 Å². The summed E-state index contributed by atoms with van der Waals surface area (Å²) in [7, 11) is 0. The Morgan fingerprint density at radius 3 is 2.57 bits per heavy atom. The summed E-state index contributed by atoms with van der Waals surface area (Å²) >= 11 is 0. The van der Waals surface area contributed by atoms with Gasteiger partial charge < -0.3 is 5.73 Å². The Labute approximate surface area is 80.6 Å². The third-order valence-corrected chi connectivity index (χ3v) is 2.23. The van der Waals surface area contributed by atoms with Crippen molar-refractivity contribution in [1.29, 1.82) is 0 Å². The maximum atomic E-state index is 11.4. The number of H-pyrrole nitrogens is 1. The highest BCUT2D eigenvalue weighted by Crippen LogP contribution is 2.25. The minimum Gasteiger partial charge on any atom is -0.370 e. The molecule has 1 aromatic heterocycles. The van der Waals surface area contributed by atoms with Crippen LogP contribution in [-0.4, -0.2) is 22.1 Å². The molecule has 2 heterocycles. The molecule has 1 unspecified atom stereocenters. The van der Waals surface area contributed by atoms with Crippen LogP contribution in [0.4, 0.5) is 0 Å². The number of carbonyl (C=O) groups is 1. The summed E-state index contributed by atoms with van der Waals surface area (Å²) in [5, 5.41) is 9.27. The summed E-state index contributed by atoms with van der Waals surface area (Å²) in [4.78, 5) is 15.4. The summed E-state index contributed by atoms with van der Waals surface area (Å²) in [6.45, 7) is 3.68. The minimum atomic E-state index is -0.547. The lowest BCUT2D eigenvalue weighted by atomic mass is 10.1. The predicted molar refractivity (Wildman–Crippen MR) is 50.6 cm³/mol. The first-order valence-corrected chi connectivity index (χ1v) is 4.25. The average molecular weight is 193 g/mol. The summed E-state index contributed by atoms with van der Waals surface area (Å²) in [5.74, 6) is -0.0323. The Bertz CT molecular complexity index is 400. The fourth-order valence-corrected chi connectivity index (χ4v) is 1.58. The van der Waals surface area contributed by atoms with Gasteiger partial charge in [-0.2, -0.15) is 5.10 Å². The Hall–Kier alpha value is -1.85. The fraction of sp³-hybridized carbons (Fsp3) is 0.375. The van der Waals surface area contributed by atoms with Gasteiger partial charge in [-0.15, -0.1) is 0 Å². The van der Waals surface area contributed by atoms with Gasteiger partial charge in [0.2, 0.25) is 0 Å². The quantitative estimate of drug-likeness (QED) is 0.561. The first-order chi connectivity index (χ1) is 6.59. The number of carbonyl (C=O) groups excluding carboxylic acids is 1. The zero-order chi connectivity index (χ0) is 10.3. The van der Waals surface area contributed by atoms with E-state index in [2.05, 4.69) is 20.5 Å². The molecule has 14 heavy (non-hydrogen) atoms. The smallest absolute Gasteiger partial charge is 0.256 e. The van der Waals surface area contributed by atoms with Crippen molar-refractivity contribution in [3.8, 4) is 0 Å². The van der Waals surface area contributed by atoms with Crippen molar-refractivity contribution >= 4 is 11.9 Å². The average Bonchev–Trinajstić information content (AvgIpc) is 2.57. The molecular weight excluding hydrogens is 182 g/mol. The normalized spacial score (nSPS) is 20.9. The third kappa shape index (κ3) is 1.15. The maximum absolute atomic E-state index is 11.4. The topological polar surface area (TPSA) is 96.2 Å². The van der Waals surface area contributed by atoms with Crippen LogP contribution in [0.25, 0.3) is 0 Å².